The van der Waals surface area contributed by atoms with E-state index in [9.17, 15) is 9.59 Å². The monoisotopic (exact) mass is 308 g/mol. The molecule has 0 radical (unpaired) electrons. The minimum absolute atomic E-state index is 0.0686. The highest BCUT2D eigenvalue weighted by atomic mass is 35.5. The average Bonchev–Trinajstić information content (AvgIpc) is 2.39. The van der Waals surface area contributed by atoms with Gasteiger partial charge in [0.25, 0.3) is 5.91 Å². The first kappa shape index (κ1) is 14.4. The van der Waals surface area contributed by atoms with Gasteiger partial charge < -0.3 is 5.32 Å². The van der Waals surface area contributed by atoms with E-state index in [1.807, 2.05) is 6.07 Å². The normalized spacial score (nSPS) is 9.90. The summed E-state index contributed by atoms with van der Waals surface area (Å²) in [6.07, 6.45) is 0. The van der Waals surface area contributed by atoms with Gasteiger partial charge in [-0.05, 0) is 24.3 Å². The Balaban J connectivity index is 2.07. The highest BCUT2D eigenvalue weighted by Crippen LogP contribution is 2.23. The fraction of sp³-hybridized carbons (Fsp3) is 0. The molecule has 0 spiro atoms. The molecule has 3 amide bonds. The summed E-state index contributed by atoms with van der Waals surface area (Å²) in [5.74, 6) is -0.658. The van der Waals surface area contributed by atoms with Crippen molar-refractivity contribution in [3.05, 3.63) is 64.1 Å². The predicted octanol–water partition coefficient (Wildman–Crippen LogP) is 3.96. The molecule has 2 aromatic rings. The van der Waals surface area contributed by atoms with Gasteiger partial charge in [0.1, 0.15) is 0 Å². The number of carbonyl (C=O) groups excluding carboxylic acids is 2. The number of anilines is 1. The summed E-state index contributed by atoms with van der Waals surface area (Å²) in [4.78, 5) is 23.6. The number of para-hydroxylation sites is 1. The fourth-order valence-corrected chi connectivity index (χ4v) is 2.13. The number of urea groups is 1. The van der Waals surface area contributed by atoms with E-state index in [-0.39, 0.29) is 15.6 Å². The lowest BCUT2D eigenvalue weighted by Gasteiger charge is -2.08. The lowest BCUT2D eigenvalue weighted by atomic mass is 10.2. The van der Waals surface area contributed by atoms with Gasteiger partial charge in [0.2, 0.25) is 0 Å². The molecule has 0 aliphatic rings. The third kappa shape index (κ3) is 3.50. The zero-order valence-electron chi connectivity index (χ0n) is 10.2. The first-order valence-corrected chi connectivity index (χ1v) is 6.45. The second-order valence-corrected chi connectivity index (χ2v) is 4.69. The van der Waals surface area contributed by atoms with E-state index >= 15 is 0 Å². The Kier molecular flexibility index (Phi) is 4.61. The smallest absolute Gasteiger partial charge is 0.308 e. The van der Waals surface area contributed by atoms with E-state index in [2.05, 4.69) is 10.6 Å². The van der Waals surface area contributed by atoms with Crippen LogP contribution in [0.2, 0.25) is 10.0 Å². The molecule has 0 aromatic heterocycles. The number of benzene rings is 2. The van der Waals surface area contributed by atoms with Crippen LogP contribution in [0.4, 0.5) is 10.5 Å². The van der Waals surface area contributed by atoms with Crippen LogP contribution < -0.4 is 10.6 Å². The van der Waals surface area contributed by atoms with E-state index in [4.69, 9.17) is 23.2 Å². The molecule has 4 nitrogen and oxygen atoms in total. The van der Waals surface area contributed by atoms with Gasteiger partial charge in [-0.1, -0.05) is 47.5 Å². The van der Waals surface area contributed by atoms with Crippen molar-refractivity contribution >= 4 is 40.8 Å². The maximum atomic E-state index is 11.9. The molecule has 20 heavy (non-hydrogen) atoms. The van der Waals surface area contributed by atoms with Gasteiger partial charge in [0, 0.05) is 5.69 Å². The van der Waals surface area contributed by atoms with E-state index in [0.29, 0.717) is 5.69 Å². The Labute approximate surface area is 125 Å². The molecule has 0 aliphatic carbocycles. The maximum Gasteiger partial charge on any atom is 0.326 e. The number of hydrogen-bond donors (Lipinski definition) is 2. The van der Waals surface area contributed by atoms with Gasteiger partial charge in [-0.25, -0.2) is 4.79 Å². The zero-order valence-corrected chi connectivity index (χ0v) is 11.7. The number of halogens is 2. The van der Waals surface area contributed by atoms with Crippen molar-refractivity contribution in [3.8, 4) is 0 Å². The average molecular weight is 309 g/mol. The quantitative estimate of drug-likeness (QED) is 0.882. The van der Waals surface area contributed by atoms with Crippen LogP contribution in [0.1, 0.15) is 10.4 Å². The first-order valence-electron chi connectivity index (χ1n) is 5.69. The van der Waals surface area contributed by atoms with Crippen LogP contribution in [-0.4, -0.2) is 11.9 Å². The molecule has 2 N–H and O–H groups in total. The minimum atomic E-state index is -0.658. The van der Waals surface area contributed by atoms with Crippen molar-refractivity contribution in [3.63, 3.8) is 0 Å². The van der Waals surface area contributed by atoms with Crippen LogP contribution >= 0.6 is 23.2 Å². The Hall–Kier alpha value is -2.04. The maximum absolute atomic E-state index is 11.9. The number of amides is 3. The molecule has 0 bridgehead atoms. The fourth-order valence-electron chi connectivity index (χ4n) is 1.56. The number of nitrogens with one attached hydrogen (secondary N) is 2. The van der Waals surface area contributed by atoms with Gasteiger partial charge >= 0.3 is 6.03 Å². The van der Waals surface area contributed by atoms with Gasteiger partial charge in [0.15, 0.2) is 0 Å². The molecule has 2 aromatic carbocycles. The third-order valence-electron chi connectivity index (χ3n) is 2.45. The van der Waals surface area contributed by atoms with Crippen molar-refractivity contribution in [2.24, 2.45) is 0 Å². The molecule has 102 valence electrons. The molecule has 0 saturated carbocycles. The minimum Gasteiger partial charge on any atom is -0.308 e. The van der Waals surface area contributed by atoms with Crippen LogP contribution in [0.5, 0.6) is 0 Å². The summed E-state index contributed by atoms with van der Waals surface area (Å²) in [6, 6.07) is 12.8. The number of imide groups is 1. The van der Waals surface area contributed by atoms with Gasteiger partial charge in [-0.2, -0.15) is 0 Å². The van der Waals surface area contributed by atoms with E-state index in [1.54, 1.807) is 30.3 Å². The standard InChI is InChI=1S/C14H10Cl2N2O2/c15-10-7-4-8-11(16)12(10)13(19)18-14(20)17-9-5-2-1-3-6-9/h1-8H,(H2,17,18,19,20). The molecular formula is C14H10Cl2N2O2. The van der Waals surface area contributed by atoms with E-state index in [0.717, 1.165) is 0 Å². The van der Waals surface area contributed by atoms with E-state index in [1.165, 1.54) is 12.1 Å². The molecular weight excluding hydrogens is 299 g/mol. The van der Waals surface area contributed by atoms with Crippen molar-refractivity contribution in [1.82, 2.24) is 5.32 Å². The summed E-state index contributed by atoms with van der Waals surface area (Å²) >= 11 is 11.8. The summed E-state index contributed by atoms with van der Waals surface area (Å²) in [7, 11) is 0. The second kappa shape index (κ2) is 6.41. The zero-order chi connectivity index (χ0) is 14.5. The molecule has 0 aliphatic heterocycles. The molecule has 0 fully saturated rings. The third-order valence-corrected chi connectivity index (χ3v) is 3.08. The SMILES string of the molecule is O=C(NC(=O)c1c(Cl)cccc1Cl)Nc1ccccc1. The van der Waals surface area contributed by atoms with Crippen molar-refractivity contribution in [2.45, 2.75) is 0 Å². The first-order chi connectivity index (χ1) is 9.58. The largest absolute Gasteiger partial charge is 0.326 e. The van der Waals surface area contributed by atoms with Crippen LogP contribution in [0.25, 0.3) is 0 Å². The Morgan fingerprint density at radius 3 is 2.05 bits per heavy atom. The van der Waals surface area contributed by atoms with Crippen LogP contribution in [0, 0.1) is 0 Å². The Morgan fingerprint density at radius 1 is 0.850 bits per heavy atom. The molecule has 2 rings (SSSR count). The van der Waals surface area contributed by atoms with Crippen molar-refractivity contribution < 1.29 is 9.59 Å². The van der Waals surface area contributed by atoms with Crippen molar-refractivity contribution in [2.75, 3.05) is 5.32 Å². The Morgan fingerprint density at radius 2 is 1.45 bits per heavy atom. The molecule has 0 atom stereocenters. The molecule has 6 heteroatoms. The molecule has 0 heterocycles. The summed E-state index contributed by atoms with van der Waals surface area (Å²) in [5.41, 5.74) is 0.641. The molecule has 0 saturated heterocycles. The number of hydrogen-bond acceptors (Lipinski definition) is 2. The predicted molar refractivity (Wildman–Crippen MR) is 79.4 cm³/mol. The highest BCUT2D eigenvalue weighted by molar-refractivity contribution is 6.40. The number of rotatable bonds is 2. The Bertz CT molecular complexity index is 625. The second-order valence-electron chi connectivity index (χ2n) is 3.87. The molecule has 0 unspecified atom stereocenters. The number of carbonyl (C=O) groups is 2. The van der Waals surface area contributed by atoms with E-state index < -0.39 is 11.9 Å². The van der Waals surface area contributed by atoms with Crippen LogP contribution in [-0.2, 0) is 0 Å². The highest BCUT2D eigenvalue weighted by Gasteiger charge is 2.16. The van der Waals surface area contributed by atoms with Gasteiger partial charge in [-0.15, -0.1) is 0 Å². The summed E-state index contributed by atoms with van der Waals surface area (Å²) < 4.78 is 0. The lowest BCUT2D eigenvalue weighted by Crippen LogP contribution is -2.34. The van der Waals surface area contributed by atoms with Crippen LogP contribution in [0.15, 0.2) is 48.5 Å². The van der Waals surface area contributed by atoms with Gasteiger partial charge in [-0.3, -0.25) is 10.1 Å². The van der Waals surface area contributed by atoms with Crippen LogP contribution in [0.3, 0.4) is 0 Å². The topological polar surface area (TPSA) is 58.2 Å². The van der Waals surface area contributed by atoms with Gasteiger partial charge in [0.05, 0.1) is 15.6 Å². The summed E-state index contributed by atoms with van der Waals surface area (Å²) in [6.45, 7) is 0. The lowest BCUT2D eigenvalue weighted by molar-refractivity contribution is 0.0967. The summed E-state index contributed by atoms with van der Waals surface area (Å²) in [5, 5.41) is 5.06. The van der Waals surface area contributed by atoms with Crippen molar-refractivity contribution in [1.29, 1.82) is 0 Å².